The smallest absolute Gasteiger partial charge is 0.227 e. The summed E-state index contributed by atoms with van der Waals surface area (Å²) in [7, 11) is 0. The van der Waals surface area contributed by atoms with Gasteiger partial charge in [-0.05, 0) is 53.6 Å². The molecule has 5 nitrogen and oxygen atoms in total. The second-order valence-corrected chi connectivity index (χ2v) is 11.8. The van der Waals surface area contributed by atoms with E-state index in [1.54, 1.807) is 0 Å². The van der Waals surface area contributed by atoms with Crippen molar-refractivity contribution < 1.29 is 9.15 Å². The molecule has 48 heavy (non-hydrogen) atoms. The number of oxazole rings is 1. The quantitative estimate of drug-likeness (QED) is 0.201. The Morgan fingerprint density at radius 3 is 1.69 bits per heavy atom. The molecule has 3 heterocycles. The van der Waals surface area contributed by atoms with Crippen LogP contribution in [0.25, 0.3) is 67.3 Å². The Kier molecular flexibility index (Phi) is 6.79. The first-order valence-electron chi connectivity index (χ1n) is 16.0. The summed E-state index contributed by atoms with van der Waals surface area (Å²) < 4.78 is 12.3. The fraction of sp³-hybridized carbons (Fsp3) is 0.0233. The molecule has 0 aliphatic carbocycles. The van der Waals surface area contributed by atoms with Crippen LogP contribution in [0.3, 0.4) is 0 Å². The first-order valence-corrected chi connectivity index (χ1v) is 16.0. The zero-order valence-corrected chi connectivity index (χ0v) is 25.9. The molecule has 8 aromatic rings. The predicted octanol–water partition coefficient (Wildman–Crippen LogP) is 11.1. The van der Waals surface area contributed by atoms with E-state index in [0.717, 1.165) is 78.4 Å². The number of hydrogen-bond donors (Lipinski definition) is 1. The van der Waals surface area contributed by atoms with Crippen molar-refractivity contribution in [3.05, 3.63) is 169 Å². The summed E-state index contributed by atoms with van der Waals surface area (Å²) in [6, 6.07) is 55.9. The van der Waals surface area contributed by atoms with E-state index < -0.39 is 0 Å². The molecule has 0 fully saturated rings. The number of benzene rings is 6. The van der Waals surface area contributed by atoms with Gasteiger partial charge in [-0.15, -0.1) is 0 Å². The second-order valence-electron chi connectivity index (χ2n) is 11.8. The summed E-state index contributed by atoms with van der Waals surface area (Å²) >= 11 is 0. The number of pyridine rings is 1. The number of nitrogens with one attached hydrogen (secondary N) is 1. The van der Waals surface area contributed by atoms with E-state index in [9.17, 15) is 0 Å². The van der Waals surface area contributed by atoms with Crippen LogP contribution in [0.2, 0.25) is 0 Å². The van der Waals surface area contributed by atoms with Crippen LogP contribution in [0, 0.1) is 0 Å². The monoisotopic (exact) mass is 619 g/mol. The van der Waals surface area contributed by atoms with Gasteiger partial charge in [0.1, 0.15) is 11.3 Å². The van der Waals surface area contributed by atoms with Gasteiger partial charge in [0.25, 0.3) is 0 Å². The van der Waals surface area contributed by atoms with Crippen LogP contribution in [-0.2, 0) is 0 Å². The van der Waals surface area contributed by atoms with E-state index in [2.05, 4.69) is 108 Å². The molecule has 0 saturated heterocycles. The molecule has 1 atom stereocenters. The van der Waals surface area contributed by atoms with Crippen molar-refractivity contribution in [2.75, 3.05) is 5.32 Å². The lowest BCUT2D eigenvalue weighted by Gasteiger charge is -2.18. The first kappa shape index (κ1) is 27.8. The average Bonchev–Trinajstić information content (AvgIpc) is 3.80. The van der Waals surface area contributed by atoms with Crippen LogP contribution in [0.15, 0.2) is 168 Å². The molecule has 0 spiro atoms. The van der Waals surface area contributed by atoms with Gasteiger partial charge >= 0.3 is 0 Å². The molecule has 0 bridgehead atoms. The zero-order valence-electron chi connectivity index (χ0n) is 25.9. The van der Waals surface area contributed by atoms with Crippen molar-refractivity contribution in [1.82, 2.24) is 9.97 Å². The lowest BCUT2D eigenvalue weighted by molar-refractivity contribution is 0.260. The van der Waals surface area contributed by atoms with Crippen molar-refractivity contribution >= 4 is 16.8 Å². The molecule has 6 aromatic carbocycles. The van der Waals surface area contributed by atoms with Gasteiger partial charge in [-0.3, -0.25) is 0 Å². The van der Waals surface area contributed by atoms with Gasteiger partial charge in [0, 0.05) is 33.4 Å². The average molecular weight is 620 g/mol. The number of anilines is 1. The molecular formula is C43H29N3O2. The maximum atomic E-state index is 6.19. The maximum absolute atomic E-state index is 6.19. The Hall–Kier alpha value is -6.46. The summed E-state index contributed by atoms with van der Waals surface area (Å²) in [6.45, 7) is 0. The lowest BCUT2D eigenvalue weighted by Crippen LogP contribution is -2.09. The topological polar surface area (TPSA) is 60.2 Å². The number of hydrogen-bond acceptors (Lipinski definition) is 5. The van der Waals surface area contributed by atoms with Crippen LogP contribution in [0.1, 0.15) is 11.8 Å². The van der Waals surface area contributed by atoms with E-state index in [1.165, 1.54) is 0 Å². The Labute approximate surface area is 278 Å². The normalized spacial score (nSPS) is 13.5. The largest absolute Gasteiger partial charge is 0.464 e. The first-order chi connectivity index (χ1) is 23.8. The number of aromatic nitrogens is 2. The fourth-order valence-corrected chi connectivity index (χ4v) is 6.35. The minimum absolute atomic E-state index is 0.242. The molecule has 1 aliphatic heterocycles. The van der Waals surface area contributed by atoms with Crippen molar-refractivity contribution in [2.45, 2.75) is 6.23 Å². The van der Waals surface area contributed by atoms with Crippen molar-refractivity contribution in [3.63, 3.8) is 0 Å². The van der Waals surface area contributed by atoms with Crippen molar-refractivity contribution in [2.24, 2.45) is 0 Å². The van der Waals surface area contributed by atoms with E-state index in [-0.39, 0.29) is 6.23 Å². The molecule has 1 N–H and O–H groups in total. The molecule has 0 radical (unpaired) electrons. The zero-order chi connectivity index (χ0) is 31.9. The molecule has 228 valence electrons. The molecule has 0 amide bonds. The molecule has 1 unspecified atom stereocenters. The summed E-state index contributed by atoms with van der Waals surface area (Å²) in [4.78, 5) is 10.2. The summed E-state index contributed by atoms with van der Waals surface area (Å²) in [6.07, 6.45) is -0.242. The highest BCUT2D eigenvalue weighted by atomic mass is 16.5. The van der Waals surface area contributed by atoms with E-state index in [4.69, 9.17) is 19.1 Å². The SMILES string of the molecule is c1ccc(-c2cc(-c3ccccc3)c(-c3ccc(C4Nc5ccccc5O4)cc3)nc2-c2ccc(-c3nc4ccccc4o3)cc2)cc1. The van der Waals surface area contributed by atoms with Gasteiger partial charge in [-0.25, -0.2) is 9.97 Å². The van der Waals surface area contributed by atoms with Gasteiger partial charge in [-0.1, -0.05) is 121 Å². The molecule has 5 heteroatoms. The molecule has 1 aliphatic rings. The molecular weight excluding hydrogens is 590 g/mol. The van der Waals surface area contributed by atoms with Crippen LogP contribution in [0.4, 0.5) is 5.69 Å². The van der Waals surface area contributed by atoms with E-state index >= 15 is 0 Å². The van der Waals surface area contributed by atoms with Gasteiger partial charge in [0.05, 0.1) is 17.1 Å². The van der Waals surface area contributed by atoms with Crippen molar-refractivity contribution in [3.8, 4) is 62.0 Å². The minimum Gasteiger partial charge on any atom is -0.464 e. The standard InChI is InChI=1S/C43H29N3O2/c1-3-11-28(12-4-1)34-27-35(29-13-5-2-6-14-29)41(31-21-25-33(26-22-31)43-45-37-16-8-10-18-39(37)48-43)46-40(34)30-19-23-32(24-20-30)42-44-36-15-7-9-17-38(36)47-42/h1-27,42,44H. The van der Waals surface area contributed by atoms with Crippen LogP contribution < -0.4 is 10.1 Å². The van der Waals surface area contributed by atoms with Crippen LogP contribution >= 0.6 is 0 Å². The molecule has 0 saturated carbocycles. The minimum atomic E-state index is -0.242. The second kappa shape index (κ2) is 11.7. The Morgan fingerprint density at radius 2 is 1.04 bits per heavy atom. The Morgan fingerprint density at radius 1 is 0.479 bits per heavy atom. The predicted molar refractivity (Wildman–Crippen MR) is 192 cm³/mol. The summed E-state index contributed by atoms with van der Waals surface area (Å²) in [5, 5.41) is 3.48. The summed E-state index contributed by atoms with van der Waals surface area (Å²) in [5.41, 5.74) is 12.8. The highest BCUT2D eigenvalue weighted by Crippen LogP contribution is 2.42. The van der Waals surface area contributed by atoms with Gasteiger partial charge in [-0.2, -0.15) is 0 Å². The van der Waals surface area contributed by atoms with Crippen LogP contribution in [-0.4, -0.2) is 9.97 Å². The molecule has 2 aromatic heterocycles. The van der Waals surface area contributed by atoms with Gasteiger partial charge < -0.3 is 14.5 Å². The Balaban J connectivity index is 1.16. The van der Waals surface area contributed by atoms with Gasteiger partial charge in [0.2, 0.25) is 5.89 Å². The van der Waals surface area contributed by atoms with E-state index in [0.29, 0.717) is 5.89 Å². The number of nitrogens with zero attached hydrogens (tertiary/aromatic N) is 2. The fourth-order valence-electron chi connectivity index (χ4n) is 6.35. The highest BCUT2D eigenvalue weighted by Gasteiger charge is 2.23. The van der Waals surface area contributed by atoms with Gasteiger partial charge in [0.15, 0.2) is 11.8 Å². The number of rotatable bonds is 6. The number of ether oxygens (including phenoxy) is 1. The number of fused-ring (bicyclic) bond motifs is 2. The highest BCUT2D eigenvalue weighted by molar-refractivity contribution is 5.91. The van der Waals surface area contributed by atoms with Crippen LogP contribution in [0.5, 0.6) is 5.75 Å². The third-order valence-electron chi connectivity index (χ3n) is 8.80. The van der Waals surface area contributed by atoms with E-state index in [1.807, 2.05) is 60.7 Å². The number of para-hydroxylation sites is 4. The lowest BCUT2D eigenvalue weighted by atomic mass is 9.91. The summed E-state index contributed by atoms with van der Waals surface area (Å²) in [5.74, 6) is 1.46. The third kappa shape index (κ3) is 5.08. The maximum Gasteiger partial charge on any atom is 0.227 e. The third-order valence-corrected chi connectivity index (χ3v) is 8.80. The molecule has 9 rings (SSSR count). The van der Waals surface area contributed by atoms with Crippen molar-refractivity contribution in [1.29, 1.82) is 0 Å². The Bertz CT molecular complexity index is 2330.